The number of hydrogen-bond acceptors (Lipinski definition) is 9. The molecule has 0 aliphatic heterocycles. The Morgan fingerprint density at radius 3 is 1.40 bits per heavy atom. The molecular formula is C49H69NO8PPdS2. The molecule has 4 aromatic carbocycles. The Kier molecular flexibility index (Phi) is 21.6. The molecule has 0 aromatic heterocycles. The van der Waals surface area contributed by atoms with Crippen LogP contribution in [0.25, 0.3) is 22.3 Å². The van der Waals surface area contributed by atoms with Crippen molar-refractivity contribution >= 4 is 43.2 Å². The quantitative estimate of drug-likeness (QED) is 0.0706. The second-order valence-electron chi connectivity index (χ2n) is 17.2. The molecule has 0 atom stereocenters. The molecule has 2 fully saturated rings. The fraction of sp³-hybridized carbons (Fsp3) is 0.510. The second kappa shape index (κ2) is 25.0. The van der Waals surface area contributed by atoms with E-state index in [0.717, 1.165) is 43.7 Å². The van der Waals surface area contributed by atoms with E-state index in [1.165, 1.54) is 97.3 Å². The summed E-state index contributed by atoms with van der Waals surface area (Å²) in [4.78, 5) is 0. The summed E-state index contributed by atoms with van der Waals surface area (Å²) in [5.74, 6) is 3.50. The average molecular weight is 1000 g/mol. The SMILES string of the molecule is COc1ccc(OC)c(P(C2CCCCC2)C2CCCCC2)c1-c1c(C(C)C)cc(C(C)C)cc1C(C)C.CS(=O)(=O)[O-].CS(=O)(=O)[O-].Nc1ccccc1-c1cccc[c]1[Pd+2]. The normalized spacial score (nSPS) is 15.0. The molecule has 6 rings (SSSR count). The first-order valence-corrected chi connectivity index (χ1v) is 27.6. The number of benzene rings is 4. The summed E-state index contributed by atoms with van der Waals surface area (Å²) in [6, 6.07) is 25.4. The van der Waals surface area contributed by atoms with Crippen LogP contribution in [0.15, 0.2) is 72.8 Å². The van der Waals surface area contributed by atoms with E-state index in [4.69, 9.17) is 41.1 Å². The monoisotopic (exact) mass is 1000 g/mol. The van der Waals surface area contributed by atoms with Gasteiger partial charge in [-0.15, -0.1) is 0 Å². The van der Waals surface area contributed by atoms with Crippen molar-refractivity contribution in [1.82, 2.24) is 0 Å². The standard InChI is InChI=1S/C35H53O2P.C12H10N.2CH4O3S.Pd/c1-23(2)26-21-29(24(3)4)33(30(22-26)25(5)6)34-31(36-7)19-20-32(37-8)35(34)38(27-15-11-9-12-16-27)28-17-13-10-14-18-28;13-12-9-5-4-8-11(12)10-6-2-1-3-7-10;2*1-5(2,3)4;/h19-25,27-28H,9-18H2,1-8H3;1-6,8-9H,13H2;2*1H3,(H,2,3,4);/q;;;;+2/p-2. The minimum atomic E-state index is -3.92. The fourth-order valence-electron chi connectivity index (χ4n) is 8.42. The topological polar surface area (TPSA) is 159 Å². The van der Waals surface area contributed by atoms with E-state index >= 15 is 0 Å². The van der Waals surface area contributed by atoms with E-state index in [1.54, 1.807) is 0 Å². The van der Waals surface area contributed by atoms with E-state index in [-0.39, 0.29) is 7.92 Å². The van der Waals surface area contributed by atoms with Gasteiger partial charge < -0.3 is 18.6 Å². The molecule has 62 heavy (non-hydrogen) atoms. The molecule has 0 saturated heterocycles. The van der Waals surface area contributed by atoms with Crippen LogP contribution in [0.2, 0.25) is 0 Å². The van der Waals surface area contributed by atoms with Gasteiger partial charge in [0.15, 0.2) is 0 Å². The third-order valence-corrected chi connectivity index (χ3v) is 15.5. The third-order valence-electron chi connectivity index (χ3n) is 11.2. The molecule has 2 aliphatic carbocycles. The summed E-state index contributed by atoms with van der Waals surface area (Å²) < 4.78 is 68.1. The van der Waals surface area contributed by atoms with Crippen molar-refractivity contribution in [2.24, 2.45) is 0 Å². The summed E-state index contributed by atoms with van der Waals surface area (Å²) in [7, 11) is -4.45. The van der Waals surface area contributed by atoms with Gasteiger partial charge in [-0.2, -0.15) is 0 Å². The van der Waals surface area contributed by atoms with E-state index in [2.05, 4.69) is 91.1 Å². The molecule has 13 heteroatoms. The molecule has 9 nitrogen and oxygen atoms in total. The Balaban J connectivity index is 0.000000346. The van der Waals surface area contributed by atoms with E-state index in [0.29, 0.717) is 30.3 Å². The van der Waals surface area contributed by atoms with Gasteiger partial charge in [-0.3, -0.25) is 0 Å². The summed E-state index contributed by atoms with van der Waals surface area (Å²) in [6.07, 6.45) is 15.1. The zero-order chi connectivity index (χ0) is 46.4. The van der Waals surface area contributed by atoms with Crippen LogP contribution in [-0.4, -0.2) is 64.0 Å². The molecule has 345 valence electrons. The third kappa shape index (κ3) is 16.6. The van der Waals surface area contributed by atoms with Gasteiger partial charge >= 0.3 is 94.3 Å². The number of hydrogen-bond donors (Lipinski definition) is 1. The summed E-state index contributed by atoms with van der Waals surface area (Å²) in [5.41, 5.74) is 17.7. The van der Waals surface area contributed by atoms with Gasteiger partial charge in [0.05, 0.1) is 34.5 Å². The first-order valence-electron chi connectivity index (χ1n) is 21.7. The van der Waals surface area contributed by atoms with Crippen molar-refractivity contribution in [2.45, 2.75) is 135 Å². The van der Waals surface area contributed by atoms with Crippen molar-refractivity contribution < 1.29 is 54.6 Å². The number of nitrogen functional groups attached to an aromatic ring is 1. The summed E-state index contributed by atoms with van der Waals surface area (Å²) >= 11 is 3.23. The number of rotatable bonds is 10. The van der Waals surface area contributed by atoms with Gasteiger partial charge in [-0.25, -0.2) is 16.8 Å². The zero-order valence-electron chi connectivity index (χ0n) is 38.3. The van der Waals surface area contributed by atoms with E-state index in [1.807, 2.05) is 56.7 Å². The predicted octanol–water partition coefficient (Wildman–Crippen LogP) is 10.9. The maximum atomic E-state index is 9.08. The number of ether oxygens (including phenoxy) is 2. The van der Waals surface area contributed by atoms with Crippen LogP contribution >= 0.6 is 7.92 Å². The van der Waals surface area contributed by atoms with Gasteiger partial charge in [0.2, 0.25) is 0 Å². The van der Waals surface area contributed by atoms with E-state index in [9.17, 15) is 0 Å². The maximum absolute atomic E-state index is 9.08. The second-order valence-corrected chi connectivity index (χ2v) is 23.5. The number of methoxy groups -OCH3 is 2. The van der Waals surface area contributed by atoms with Gasteiger partial charge in [-0.05, 0) is 89.1 Å². The summed E-state index contributed by atoms with van der Waals surface area (Å²) in [5, 5.41) is 1.52. The van der Waals surface area contributed by atoms with Crippen LogP contribution in [0.5, 0.6) is 11.5 Å². The molecule has 2 saturated carbocycles. The van der Waals surface area contributed by atoms with Gasteiger partial charge in [-0.1, -0.05) is 100 Å². The Morgan fingerprint density at radius 1 is 0.613 bits per heavy atom. The van der Waals surface area contributed by atoms with Crippen LogP contribution in [0.3, 0.4) is 0 Å². The van der Waals surface area contributed by atoms with Crippen molar-refractivity contribution in [1.29, 1.82) is 0 Å². The van der Waals surface area contributed by atoms with E-state index < -0.39 is 20.2 Å². The Hall–Kier alpha value is -2.81. The summed E-state index contributed by atoms with van der Waals surface area (Å²) in [6.45, 7) is 14.1. The molecule has 0 spiro atoms. The van der Waals surface area contributed by atoms with Gasteiger partial charge in [0, 0.05) is 23.4 Å². The van der Waals surface area contributed by atoms with Crippen molar-refractivity contribution in [3.63, 3.8) is 0 Å². The fourth-order valence-corrected chi connectivity index (χ4v) is 13.0. The average Bonchev–Trinajstić information content (AvgIpc) is 3.20. The Morgan fingerprint density at radius 2 is 1.02 bits per heavy atom. The van der Waals surface area contributed by atoms with Crippen molar-refractivity contribution in [3.8, 4) is 33.8 Å². The molecule has 0 radical (unpaired) electrons. The van der Waals surface area contributed by atoms with Gasteiger partial charge in [0.25, 0.3) is 0 Å². The van der Waals surface area contributed by atoms with Crippen LogP contribution in [0.4, 0.5) is 5.69 Å². The number of nitrogens with two attached hydrogens (primary N) is 1. The molecule has 0 unspecified atom stereocenters. The first kappa shape index (κ1) is 53.5. The molecular weight excluding hydrogens is 932 g/mol. The van der Waals surface area contributed by atoms with Crippen LogP contribution in [0.1, 0.15) is 140 Å². The predicted molar refractivity (Wildman–Crippen MR) is 255 cm³/mol. The van der Waals surface area contributed by atoms with Crippen LogP contribution < -0.4 is 24.5 Å². The molecule has 0 bridgehead atoms. The minimum absolute atomic E-state index is 0.373. The number of anilines is 1. The molecule has 0 amide bonds. The van der Waals surface area contributed by atoms with Crippen molar-refractivity contribution in [3.05, 3.63) is 89.5 Å². The van der Waals surface area contributed by atoms with Gasteiger partial charge in [0.1, 0.15) is 11.5 Å². The van der Waals surface area contributed by atoms with Crippen LogP contribution in [0, 0.1) is 0 Å². The Labute approximate surface area is 386 Å². The Bertz CT molecular complexity index is 2120. The molecule has 2 aliphatic rings. The molecule has 4 aromatic rings. The first-order chi connectivity index (χ1) is 29.1. The molecule has 0 heterocycles. The van der Waals surface area contributed by atoms with Crippen molar-refractivity contribution in [2.75, 3.05) is 32.5 Å². The zero-order valence-corrected chi connectivity index (χ0v) is 42.4. The van der Waals surface area contributed by atoms with Crippen LogP contribution in [-0.2, 0) is 39.4 Å². The number of para-hydroxylation sites is 1. The molecule has 2 N–H and O–H groups in total.